The first kappa shape index (κ1) is 19.5. The van der Waals surface area contributed by atoms with Crippen LogP contribution in [0, 0.1) is 11.7 Å². The van der Waals surface area contributed by atoms with Gasteiger partial charge < -0.3 is 24.4 Å². The fraction of sp³-hybridized carbons (Fsp3) is 0.300. The van der Waals surface area contributed by atoms with Gasteiger partial charge in [-0.2, -0.15) is 0 Å². The summed E-state index contributed by atoms with van der Waals surface area (Å²) in [4.78, 5) is 26.6. The number of rotatable bonds is 6. The zero-order valence-corrected chi connectivity index (χ0v) is 15.8. The van der Waals surface area contributed by atoms with Crippen molar-refractivity contribution in [3.63, 3.8) is 0 Å². The lowest BCUT2D eigenvalue weighted by Crippen LogP contribution is -2.28. The zero-order chi connectivity index (χ0) is 20.3. The molecule has 0 spiro atoms. The molecule has 0 radical (unpaired) electrons. The number of carbonyl (C=O) groups excluding carboxylic acids is 2. The normalized spacial score (nSPS) is 16.1. The van der Waals surface area contributed by atoms with E-state index in [1.54, 1.807) is 12.1 Å². The Morgan fingerprint density at radius 3 is 2.21 bits per heavy atom. The van der Waals surface area contributed by atoms with Gasteiger partial charge in [0.05, 0.1) is 32.9 Å². The van der Waals surface area contributed by atoms with E-state index >= 15 is 0 Å². The maximum absolute atomic E-state index is 13.0. The van der Waals surface area contributed by atoms with Crippen LogP contribution >= 0.6 is 0 Å². The molecule has 1 N–H and O–H groups in total. The van der Waals surface area contributed by atoms with Gasteiger partial charge in [-0.1, -0.05) is 0 Å². The molecule has 1 aliphatic rings. The molecule has 1 aliphatic heterocycles. The maximum Gasteiger partial charge on any atom is 0.229 e. The lowest BCUT2D eigenvalue weighted by molar-refractivity contribution is -0.122. The molecule has 3 rings (SSSR count). The summed E-state index contributed by atoms with van der Waals surface area (Å²) in [6.45, 7) is 0.213. The number of nitrogens with zero attached hydrogens (tertiary/aromatic N) is 1. The van der Waals surface area contributed by atoms with Crippen LogP contribution in [0.15, 0.2) is 36.4 Å². The van der Waals surface area contributed by atoms with Crippen LogP contribution < -0.4 is 24.4 Å². The van der Waals surface area contributed by atoms with Crippen molar-refractivity contribution in [2.75, 3.05) is 38.1 Å². The summed E-state index contributed by atoms with van der Waals surface area (Å²) in [5.41, 5.74) is 1.03. The topological polar surface area (TPSA) is 77.1 Å². The predicted molar refractivity (Wildman–Crippen MR) is 102 cm³/mol. The summed E-state index contributed by atoms with van der Waals surface area (Å²) >= 11 is 0. The average Bonchev–Trinajstić information content (AvgIpc) is 3.10. The molecule has 2 aromatic rings. The lowest BCUT2D eigenvalue weighted by atomic mass is 10.1. The first-order chi connectivity index (χ1) is 13.5. The van der Waals surface area contributed by atoms with Gasteiger partial charge in [0, 0.05) is 30.8 Å². The van der Waals surface area contributed by atoms with Gasteiger partial charge in [-0.15, -0.1) is 0 Å². The molecule has 148 valence electrons. The van der Waals surface area contributed by atoms with Gasteiger partial charge in [-0.05, 0) is 24.3 Å². The van der Waals surface area contributed by atoms with Crippen LogP contribution in [-0.2, 0) is 9.59 Å². The van der Waals surface area contributed by atoms with E-state index in [4.69, 9.17) is 14.2 Å². The van der Waals surface area contributed by atoms with Crippen LogP contribution in [0.1, 0.15) is 6.42 Å². The number of hydrogen-bond donors (Lipinski definition) is 1. The number of ether oxygens (including phenoxy) is 3. The average molecular weight is 388 g/mol. The second-order valence-electron chi connectivity index (χ2n) is 6.29. The summed E-state index contributed by atoms with van der Waals surface area (Å²) in [6.07, 6.45) is 0.0731. The molecule has 0 aliphatic carbocycles. The van der Waals surface area contributed by atoms with Crippen molar-refractivity contribution in [1.29, 1.82) is 0 Å². The zero-order valence-electron chi connectivity index (χ0n) is 15.8. The quantitative estimate of drug-likeness (QED) is 0.824. The summed E-state index contributed by atoms with van der Waals surface area (Å²) < 4.78 is 28.9. The third-order valence-electron chi connectivity index (χ3n) is 4.57. The fourth-order valence-electron chi connectivity index (χ4n) is 3.13. The number of carbonyl (C=O) groups is 2. The van der Waals surface area contributed by atoms with E-state index in [-0.39, 0.29) is 30.6 Å². The molecule has 1 atom stereocenters. The van der Waals surface area contributed by atoms with Crippen molar-refractivity contribution in [2.45, 2.75) is 6.42 Å². The minimum Gasteiger partial charge on any atom is -0.493 e. The van der Waals surface area contributed by atoms with Gasteiger partial charge in [0.1, 0.15) is 5.82 Å². The Kier molecular flexibility index (Phi) is 5.67. The molecule has 1 saturated heterocycles. The molecule has 1 unspecified atom stereocenters. The Morgan fingerprint density at radius 1 is 1.07 bits per heavy atom. The Hall–Kier alpha value is -3.29. The smallest absolute Gasteiger partial charge is 0.229 e. The predicted octanol–water partition coefficient (Wildman–Crippen LogP) is 2.84. The Labute approximate surface area is 162 Å². The highest BCUT2D eigenvalue weighted by Gasteiger charge is 2.36. The van der Waals surface area contributed by atoms with E-state index in [9.17, 15) is 14.0 Å². The van der Waals surface area contributed by atoms with Crippen LogP contribution in [0.5, 0.6) is 17.2 Å². The van der Waals surface area contributed by atoms with Crippen LogP contribution in [0.25, 0.3) is 0 Å². The molecule has 0 saturated carbocycles. The van der Waals surface area contributed by atoms with E-state index in [0.717, 1.165) is 0 Å². The van der Waals surface area contributed by atoms with Crippen molar-refractivity contribution < 1.29 is 28.2 Å². The van der Waals surface area contributed by atoms with Crippen molar-refractivity contribution in [3.8, 4) is 17.2 Å². The highest BCUT2D eigenvalue weighted by Crippen LogP contribution is 2.42. The van der Waals surface area contributed by atoms with Gasteiger partial charge in [-0.25, -0.2) is 4.39 Å². The van der Waals surface area contributed by atoms with E-state index in [2.05, 4.69) is 5.32 Å². The van der Waals surface area contributed by atoms with Crippen molar-refractivity contribution >= 4 is 23.2 Å². The Bertz CT molecular complexity index is 860. The van der Waals surface area contributed by atoms with Crippen molar-refractivity contribution in [3.05, 3.63) is 42.2 Å². The van der Waals surface area contributed by atoms with Crippen LogP contribution in [0.4, 0.5) is 15.8 Å². The van der Waals surface area contributed by atoms with Crippen LogP contribution in [-0.4, -0.2) is 39.7 Å². The second-order valence-corrected chi connectivity index (χ2v) is 6.29. The van der Waals surface area contributed by atoms with Crippen molar-refractivity contribution in [1.82, 2.24) is 0 Å². The number of nitrogens with one attached hydrogen (secondary N) is 1. The van der Waals surface area contributed by atoms with Gasteiger partial charge in [-0.3, -0.25) is 9.59 Å². The number of anilines is 2. The Morgan fingerprint density at radius 2 is 1.68 bits per heavy atom. The summed E-state index contributed by atoms with van der Waals surface area (Å²) in [6, 6.07) is 8.80. The minimum atomic E-state index is -0.531. The molecule has 7 nitrogen and oxygen atoms in total. The molecule has 8 heteroatoms. The summed E-state index contributed by atoms with van der Waals surface area (Å²) in [5.74, 6) is -0.138. The monoisotopic (exact) mass is 388 g/mol. The fourth-order valence-corrected chi connectivity index (χ4v) is 3.13. The highest BCUT2D eigenvalue weighted by atomic mass is 19.1. The van der Waals surface area contributed by atoms with E-state index in [0.29, 0.717) is 28.6 Å². The number of amides is 2. The molecular formula is C20H21FN2O5. The number of methoxy groups -OCH3 is 3. The highest BCUT2D eigenvalue weighted by molar-refractivity contribution is 6.03. The Balaban J connectivity index is 1.79. The van der Waals surface area contributed by atoms with Gasteiger partial charge in [0.2, 0.25) is 17.6 Å². The molecule has 1 heterocycles. The molecule has 1 fully saturated rings. The third kappa shape index (κ3) is 3.85. The molecule has 28 heavy (non-hydrogen) atoms. The molecular weight excluding hydrogens is 367 g/mol. The SMILES string of the molecule is COc1cc(N2CC(C(=O)Nc3ccc(F)cc3)CC2=O)cc(OC)c1OC. The number of benzene rings is 2. The standard InChI is InChI=1S/C20H21FN2O5/c1-26-16-9-15(10-17(27-2)19(16)28-3)23-11-12(8-18(23)24)20(25)22-14-6-4-13(21)5-7-14/h4-7,9-10,12H,8,11H2,1-3H3,(H,22,25). The largest absolute Gasteiger partial charge is 0.493 e. The van der Waals surface area contributed by atoms with E-state index in [1.165, 1.54) is 50.5 Å². The van der Waals surface area contributed by atoms with E-state index in [1.807, 2.05) is 0 Å². The second kappa shape index (κ2) is 8.16. The first-order valence-corrected chi connectivity index (χ1v) is 8.63. The van der Waals surface area contributed by atoms with Gasteiger partial charge in [0.15, 0.2) is 11.5 Å². The van der Waals surface area contributed by atoms with Gasteiger partial charge >= 0.3 is 0 Å². The van der Waals surface area contributed by atoms with Gasteiger partial charge in [0.25, 0.3) is 0 Å². The molecule has 0 aromatic heterocycles. The van der Waals surface area contributed by atoms with E-state index < -0.39 is 5.92 Å². The summed E-state index contributed by atoms with van der Waals surface area (Å²) in [5, 5.41) is 2.71. The summed E-state index contributed by atoms with van der Waals surface area (Å²) in [7, 11) is 4.48. The van der Waals surface area contributed by atoms with Crippen LogP contribution in [0.2, 0.25) is 0 Å². The molecule has 2 aromatic carbocycles. The first-order valence-electron chi connectivity index (χ1n) is 8.63. The molecule has 2 amide bonds. The lowest BCUT2D eigenvalue weighted by Gasteiger charge is -2.20. The molecule has 0 bridgehead atoms. The van der Waals surface area contributed by atoms with Crippen LogP contribution in [0.3, 0.4) is 0 Å². The van der Waals surface area contributed by atoms with Crippen molar-refractivity contribution in [2.24, 2.45) is 5.92 Å². The maximum atomic E-state index is 13.0. The minimum absolute atomic E-state index is 0.0731. The third-order valence-corrected chi connectivity index (χ3v) is 4.57. The number of hydrogen-bond acceptors (Lipinski definition) is 5. The number of halogens is 1.